The van der Waals surface area contributed by atoms with Crippen molar-refractivity contribution in [3.05, 3.63) is 35.9 Å². The van der Waals surface area contributed by atoms with Crippen molar-refractivity contribution in [2.75, 3.05) is 6.54 Å². The molecule has 0 spiro atoms. The van der Waals surface area contributed by atoms with Crippen molar-refractivity contribution in [2.24, 2.45) is 28.1 Å². The zero-order valence-electron chi connectivity index (χ0n) is 22.8. The molecule has 0 bridgehead atoms. The van der Waals surface area contributed by atoms with Crippen molar-refractivity contribution in [3.63, 3.8) is 0 Å². The maximum atomic E-state index is 13.2. The van der Waals surface area contributed by atoms with Crippen molar-refractivity contribution in [2.45, 2.75) is 76.5 Å². The molecule has 4 atom stereocenters. The number of carbonyl (C=O) groups excluding carboxylic acids is 3. The molecule has 14 nitrogen and oxygen atoms in total. The Balaban J connectivity index is 2.97. The third kappa shape index (κ3) is 13.6. The number of carbonyl (C=O) groups is 5. The van der Waals surface area contributed by atoms with Gasteiger partial charge in [-0.15, -0.1) is 0 Å². The van der Waals surface area contributed by atoms with E-state index in [0.29, 0.717) is 0 Å². The van der Waals surface area contributed by atoms with Crippen LogP contribution >= 0.6 is 0 Å². The maximum absolute atomic E-state index is 13.2. The van der Waals surface area contributed by atoms with Crippen molar-refractivity contribution >= 4 is 35.6 Å². The van der Waals surface area contributed by atoms with Crippen LogP contribution in [0.3, 0.4) is 0 Å². The molecule has 0 aliphatic heterocycles. The van der Waals surface area contributed by atoms with Crippen LogP contribution in [0.1, 0.15) is 51.5 Å². The van der Waals surface area contributed by atoms with E-state index in [4.69, 9.17) is 22.3 Å². The Morgan fingerprint density at radius 1 is 0.850 bits per heavy atom. The van der Waals surface area contributed by atoms with Crippen LogP contribution in [0.25, 0.3) is 0 Å². The third-order valence-electron chi connectivity index (χ3n) is 5.82. The monoisotopic (exact) mass is 563 g/mol. The molecule has 0 aliphatic rings. The zero-order chi connectivity index (χ0) is 30.2. The normalized spacial score (nSPS) is 13.8. The lowest BCUT2D eigenvalue weighted by atomic mass is 10.0. The maximum Gasteiger partial charge on any atom is 0.326 e. The lowest BCUT2D eigenvalue weighted by molar-refractivity contribution is -0.143. The predicted molar refractivity (Wildman–Crippen MR) is 148 cm³/mol. The molecule has 1 aromatic rings. The molecule has 0 fully saturated rings. The second kappa shape index (κ2) is 17.4. The Kier molecular flexibility index (Phi) is 14.7. The number of aliphatic carboxylic acids is 2. The summed E-state index contributed by atoms with van der Waals surface area (Å²) in [5.74, 6) is -4.89. The molecule has 4 unspecified atom stereocenters. The van der Waals surface area contributed by atoms with Gasteiger partial charge in [0.1, 0.15) is 18.1 Å². The first-order chi connectivity index (χ1) is 18.8. The molecule has 222 valence electrons. The smallest absolute Gasteiger partial charge is 0.326 e. The van der Waals surface area contributed by atoms with E-state index in [0.717, 1.165) is 5.56 Å². The summed E-state index contributed by atoms with van der Waals surface area (Å²) in [6.07, 6.45) is -0.0831. The van der Waals surface area contributed by atoms with E-state index in [1.165, 1.54) is 0 Å². The van der Waals surface area contributed by atoms with Crippen LogP contribution in [0, 0.1) is 5.92 Å². The minimum Gasteiger partial charge on any atom is -0.481 e. The van der Waals surface area contributed by atoms with Crippen molar-refractivity contribution in [3.8, 4) is 0 Å². The number of rotatable bonds is 18. The van der Waals surface area contributed by atoms with E-state index in [-0.39, 0.29) is 50.5 Å². The zero-order valence-corrected chi connectivity index (χ0v) is 22.8. The van der Waals surface area contributed by atoms with E-state index >= 15 is 0 Å². The summed E-state index contributed by atoms with van der Waals surface area (Å²) in [5, 5.41) is 26.1. The van der Waals surface area contributed by atoms with Gasteiger partial charge >= 0.3 is 11.9 Å². The average molecular weight is 564 g/mol. The van der Waals surface area contributed by atoms with Crippen molar-refractivity contribution in [1.82, 2.24) is 16.0 Å². The fourth-order valence-electron chi connectivity index (χ4n) is 3.78. The van der Waals surface area contributed by atoms with Gasteiger partial charge in [0.15, 0.2) is 5.96 Å². The largest absolute Gasteiger partial charge is 0.481 e. The van der Waals surface area contributed by atoms with E-state index in [2.05, 4.69) is 20.9 Å². The van der Waals surface area contributed by atoms with Crippen LogP contribution in [0.15, 0.2) is 35.3 Å². The third-order valence-corrected chi connectivity index (χ3v) is 5.82. The Labute approximate surface area is 233 Å². The number of hydrogen-bond donors (Lipinski definition) is 8. The molecule has 11 N–H and O–H groups in total. The van der Waals surface area contributed by atoms with Crippen LogP contribution < -0.4 is 33.2 Å². The first-order valence-electron chi connectivity index (χ1n) is 13.0. The highest BCUT2D eigenvalue weighted by Crippen LogP contribution is 2.09. The summed E-state index contributed by atoms with van der Waals surface area (Å²) in [6, 6.07) is 4.41. The summed E-state index contributed by atoms with van der Waals surface area (Å²) in [7, 11) is 0. The molecule has 0 saturated carbocycles. The van der Waals surface area contributed by atoms with Crippen molar-refractivity contribution < 1.29 is 34.2 Å². The molecule has 0 saturated heterocycles. The highest BCUT2D eigenvalue weighted by molar-refractivity contribution is 5.94. The summed E-state index contributed by atoms with van der Waals surface area (Å²) < 4.78 is 0. The molecule has 0 heterocycles. The number of amides is 3. The number of aliphatic imine (C=N–C) groups is 1. The van der Waals surface area contributed by atoms with Gasteiger partial charge in [-0.1, -0.05) is 44.2 Å². The highest BCUT2D eigenvalue weighted by atomic mass is 16.4. The number of nitrogens with one attached hydrogen (secondary N) is 3. The van der Waals surface area contributed by atoms with Gasteiger partial charge in [0.25, 0.3) is 0 Å². The number of nitrogens with zero attached hydrogens (tertiary/aromatic N) is 1. The van der Waals surface area contributed by atoms with E-state index in [9.17, 15) is 29.1 Å². The first kappa shape index (κ1) is 33.8. The molecule has 40 heavy (non-hydrogen) atoms. The number of guanidine groups is 1. The molecule has 1 rings (SSSR count). The van der Waals surface area contributed by atoms with Gasteiger partial charge in [-0.25, -0.2) is 4.79 Å². The lowest BCUT2D eigenvalue weighted by Gasteiger charge is -2.26. The van der Waals surface area contributed by atoms with E-state index in [1.54, 1.807) is 0 Å². The molecule has 0 aromatic heterocycles. The number of benzene rings is 1. The minimum atomic E-state index is -1.37. The molecular weight excluding hydrogens is 522 g/mol. The van der Waals surface area contributed by atoms with Crippen LogP contribution in [0.2, 0.25) is 0 Å². The molecule has 0 aliphatic carbocycles. The second-order valence-corrected chi connectivity index (χ2v) is 9.83. The standard InChI is InChI=1S/C26H41N7O7/c1-15(2)13-20(33-22(36)17(27)14-16-7-4-3-5-8-16)24(38)31-18(10-11-21(34)35)23(37)32-19(25(39)40)9-6-12-30-26(28)29/h3-5,7-8,15,17-20H,6,9-14,27H2,1-2H3,(H,31,38)(H,32,37)(H,33,36)(H,34,35)(H,39,40)(H4,28,29,30). The van der Waals surface area contributed by atoms with Gasteiger partial charge in [-0.05, 0) is 43.6 Å². The van der Waals surface area contributed by atoms with E-state index < -0.39 is 60.2 Å². The number of hydrogen-bond acceptors (Lipinski definition) is 7. The van der Waals surface area contributed by atoms with E-state index in [1.807, 2.05) is 44.2 Å². The Hall–Kier alpha value is -4.20. The number of nitrogens with two attached hydrogens (primary N) is 3. The summed E-state index contributed by atoms with van der Waals surface area (Å²) >= 11 is 0. The molecular formula is C26H41N7O7. The van der Waals surface area contributed by atoms with Crippen LogP contribution in [0.4, 0.5) is 0 Å². The Bertz CT molecular complexity index is 1030. The summed E-state index contributed by atoms with van der Waals surface area (Å²) in [5.41, 5.74) is 17.4. The topological polar surface area (TPSA) is 252 Å². The number of carboxylic acid groups (broad SMARTS) is 2. The molecule has 3 amide bonds. The van der Waals surface area contributed by atoms with Gasteiger partial charge in [0.05, 0.1) is 6.04 Å². The highest BCUT2D eigenvalue weighted by Gasteiger charge is 2.31. The van der Waals surface area contributed by atoms with Crippen LogP contribution in [-0.2, 0) is 30.4 Å². The lowest BCUT2D eigenvalue weighted by Crippen LogP contribution is -2.57. The fourth-order valence-corrected chi connectivity index (χ4v) is 3.78. The molecule has 14 heteroatoms. The van der Waals surface area contributed by atoms with Crippen molar-refractivity contribution in [1.29, 1.82) is 0 Å². The second-order valence-electron chi connectivity index (χ2n) is 9.83. The molecule has 1 aromatic carbocycles. The van der Waals surface area contributed by atoms with Gasteiger partial charge in [-0.2, -0.15) is 0 Å². The average Bonchev–Trinajstić information content (AvgIpc) is 2.87. The van der Waals surface area contributed by atoms with Crippen LogP contribution in [0.5, 0.6) is 0 Å². The molecule has 0 radical (unpaired) electrons. The minimum absolute atomic E-state index is 0.0111. The Morgan fingerprint density at radius 3 is 1.98 bits per heavy atom. The Morgan fingerprint density at radius 2 is 1.43 bits per heavy atom. The van der Waals surface area contributed by atoms with Gasteiger partial charge in [0.2, 0.25) is 17.7 Å². The number of carboxylic acids is 2. The van der Waals surface area contributed by atoms with Crippen LogP contribution in [-0.4, -0.2) is 76.5 Å². The summed E-state index contributed by atoms with van der Waals surface area (Å²) in [6.45, 7) is 3.82. The van der Waals surface area contributed by atoms with Gasteiger partial charge in [0, 0.05) is 13.0 Å². The fraction of sp³-hybridized carbons (Fsp3) is 0.538. The first-order valence-corrected chi connectivity index (χ1v) is 13.0. The SMILES string of the molecule is CC(C)CC(NC(=O)C(N)Cc1ccccc1)C(=O)NC(CCC(=O)O)C(=O)NC(CCCN=C(N)N)C(=O)O. The van der Waals surface area contributed by atoms with Gasteiger partial charge in [-0.3, -0.25) is 24.2 Å². The predicted octanol–water partition coefficient (Wildman–Crippen LogP) is -0.940. The van der Waals surface area contributed by atoms with Gasteiger partial charge < -0.3 is 43.4 Å². The summed E-state index contributed by atoms with van der Waals surface area (Å²) in [4.78, 5) is 65.6. The quantitative estimate of drug-likeness (QED) is 0.0618.